The SMILES string of the molecule is CCc1cccc(CC)c1NC(=O)c1c(C)n(Cc2ccccc2)c(C)c(Br)c1=O. The predicted octanol–water partition coefficient (Wildman–Crippen LogP) is 5.65. The number of carbonyl (C=O) groups is 1. The van der Waals surface area contributed by atoms with Crippen LogP contribution < -0.4 is 10.7 Å². The zero-order chi connectivity index (χ0) is 21.8. The fourth-order valence-corrected chi connectivity index (χ4v) is 4.21. The summed E-state index contributed by atoms with van der Waals surface area (Å²) in [5, 5.41) is 3.04. The Labute approximate surface area is 186 Å². The average Bonchev–Trinajstić information content (AvgIpc) is 2.76. The number of aryl methyl sites for hydroxylation is 2. The molecule has 1 aromatic heterocycles. The van der Waals surface area contributed by atoms with Crippen molar-refractivity contribution in [2.45, 2.75) is 47.1 Å². The first kappa shape index (κ1) is 22.0. The van der Waals surface area contributed by atoms with Gasteiger partial charge in [0.15, 0.2) is 0 Å². The van der Waals surface area contributed by atoms with E-state index in [1.165, 1.54) is 0 Å². The van der Waals surface area contributed by atoms with Crippen LogP contribution in [-0.2, 0) is 19.4 Å². The van der Waals surface area contributed by atoms with E-state index in [-0.39, 0.29) is 16.9 Å². The van der Waals surface area contributed by atoms with Crippen molar-refractivity contribution in [3.05, 3.63) is 96.9 Å². The van der Waals surface area contributed by atoms with Crippen molar-refractivity contribution in [3.8, 4) is 0 Å². The molecule has 0 unspecified atom stereocenters. The molecular weight excluding hydrogens is 440 g/mol. The molecule has 30 heavy (non-hydrogen) atoms. The number of halogens is 1. The average molecular weight is 467 g/mol. The van der Waals surface area contributed by atoms with Crippen molar-refractivity contribution < 1.29 is 4.79 Å². The summed E-state index contributed by atoms with van der Waals surface area (Å²) in [6.07, 6.45) is 1.61. The molecule has 156 valence electrons. The van der Waals surface area contributed by atoms with E-state index < -0.39 is 0 Å². The lowest BCUT2D eigenvalue weighted by Gasteiger charge is -2.20. The molecule has 0 bridgehead atoms. The van der Waals surface area contributed by atoms with Gasteiger partial charge in [-0.25, -0.2) is 0 Å². The van der Waals surface area contributed by atoms with Crippen LogP contribution >= 0.6 is 15.9 Å². The van der Waals surface area contributed by atoms with E-state index in [2.05, 4.69) is 35.1 Å². The van der Waals surface area contributed by atoms with E-state index in [0.717, 1.165) is 40.9 Å². The summed E-state index contributed by atoms with van der Waals surface area (Å²) >= 11 is 3.43. The fraction of sp³-hybridized carbons (Fsp3) is 0.280. The maximum absolute atomic E-state index is 13.3. The number of carbonyl (C=O) groups excluding carboxylic acids is 1. The van der Waals surface area contributed by atoms with Gasteiger partial charge in [-0.15, -0.1) is 0 Å². The lowest BCUT2D eigenvalue weighted by molar-refractivity contribution is 0.102. The van der Waals surface area contributed by atoms with E-state index in [0.29, 0.717) is 16.7 Å². The van der Waals surface area contributed by atoms with Gasteiger partial charge in [0.05, 0.1) is 4.47 Å². The van der Waals surface area contributed by atoms with E-state index in [1.807, 2.05) is 66.9 Å². The van der Waals surface area contributed by atoms with Gasteiger partial charge in [-0.05, 0) is 59.3 Å². The Balaban J connectivity index is 2.08. The number of aromatic nitrogens is 1. The molecule has 1 heterocycles. The zero-order valence-electron chi connectivity index (χ0n) is 17.9. The third-order valence-corrected chi connectivity index (χ3v) is 6.50. The molecule has 1 N–H and O–H groups in total. The topological polar surface area (TPSA) is 51.1 Å². The van der Waals surface area contributed by atoms with E-state index in [9.17, 15) is 9.59 Å². The molecule has 0 saturated heterocycles. The van der Waals surface area contributed by atoms with Gasteiger partial charge in [0, 0.05) is 23.6 Å². The number of amides is 1. The highest BCUT2D eigenvalue weighted by Crippen LogP contribution is 2.24. The molecule has 0 atom stereocenters. The van der Waals surface area contributed by atoms with Crippen LogP contribution in [0.2, 0.25) is 0 Å². The molecule has 0 aliphatic rings. The molecule has 5 heteroatoms. The van der Waals surface area contributed by atoms with Crippen LogP contribution in [0.25, 0.3) is 0 Å². The van der Waals surface area contributed by atoms with E-state index in [1.54, 1.807) is 0 Å². The Bertz CT molecular complexity index is 1110. The Hall–Kier alpha value is -2.66. The first-order chi connectivity index (χ1) is 14.4. The van der Waals surface area contributed by atoms with Crippen LogP contribution in [0.5, 0.6) is 0 Å². The molecule has 0 saturated carbocycles. The summed E-state index contributed by atoms with van der Waals surface area (Å²) < 4.78 is 2.44. The standard InChI is InChI=1S/C25H27BrN2O2/c1-5-19-13-10-14-20(6-2)23(19)27-25(30)21-16(3)28(17(4)22(26)24(21)29)15-18-11-8-7-9-12-18/h7-14H,5-6,15H2,1-4H3,(H,27,30). The molecule has 3 aromatic rings. The number of hydrogen-bond acceptors (Lipinski definition) is 2. The molecule has 0 spiro atoms. The van der Waals surface area contributed by atoms with Crippen molar-refractivity contribution in [3.63, 3.8) is 0 Å². The van der Waals surface area contributed by atoms with Crippen molar-refractivity contribution in [2.24, 2.45) is 0 Å². The number of anilines is 1. The van der Waals surface area contributed by atoms with Crippen LogP contribution in [-0.4, -0.2) is 10.5 Å². The second-order valence-corrected chi connectivity index (χ2v) is 8.17. The zero-order valence-corrected chi connectivity index (χ0v) is 19.5. The maximum Gasteiger partial charge on any atom is 0.261 e. The van der Waals surface area contributed by atoms with Gasteiger partial charge in [0.1, 0.15) is 5.56 Å². The quantitative estimate of drug-likeness (QED) is 0.509. The Morgan fingerprint density at radius 2 is 1.53 bits per heavy atom. The normalized spacial score (nSPS) is 10.8. The van der Waals surface area contributed by atoms with Crippen LogP contribution in [0.3, 0.4) is 0 Å². The largest absolute Gasteiger partial charge is 0.343 e. The number of para-hydroxylation sites is 1. The van der Waals surface area contributed by atoms with Gasteiger partial charge < -0.3 is 9.88 Å². The minimum Gasteiger partial charge on any atom is -0.343 e. The molecular formula is C25H27BrN2O2. The van der Waals surface area contributed by atoms with Gasteiger partial charge >= 0.3 is 0 Å². The number of nitrogens with zero attached hydrogens (tertiary/aromatic N) is 1. The van der Waals surface area contributed by atoms with Crippen LogP contribution in [0.1, 0.15) is 52.3 Å². The summed E-state index contributed by atoms with van der Waals surface area (Å²) in [5.41, 5.74) is 5.42. The molecule has 0 fully saturated rings. The molecule has 0 aliphatic carbocycles. The monoisotopic (exact) mass is 466 g/mol. The molecule has 0 radical (unpaired) electrons. The first-order valence-electron chi connectivity index (χ1n) is 10.2. The minimum absolute atomic E-state index is 0.177. The number of benzene rings is 2. The number of pyridine rings is 1. The third-order valence-electron chi connectivity index (χ3n) is 5.56. The van der Waals surface area contributed by atoms with Gasteiger partial charge in [-0.1, -0.05) is 62.4 Å². The van der Waals surface area contributed by atoms with Crippen LogP contribution in [0.15, 0.2) is 57.8 Å². The van der Waals surface area contributed by atoms with Crippen molar-refractivity contribution >= 4 is 27.5 Å². The smallest absolute Gasteiger partial charge is 0.261 e. The fourth-order valence-electron chi connectivity index (χ4n) is 3.79. The van der Waals surface area contributed by atoms with Gasteiger partial charge in [0.25, 0.3) is 5.91 Å². The predicted molar refractivity (Wildman–Crippen MR) is 127 cm³/mol. The Morgan fingerprint density at radius 1 is 0.933 bits per heavy atom. The molecule has 2 aromatic carbocycles. The summed E-state index contributed by atoms with van der Waals surface area (Å²) in [7, 11) is 0. The summed E-state index contributed by atoms with van der Waals surface area (Å²) in [4.78, 5) is 26.3. The number of rotatable bonds is 6. The van der Waals surface area contributed by atoms with Gasteiger partial charge in [-0.2, -0.15) is 0 Å². The highest BCUT2D eigenvalue weighted by molar-refractivity contribution is 9.10. The van der Waals surface area contributed by atoms with Crippen molar-refractivity contribution in [2.75, 3.05) is 5.32 Å². The highest BCUT2D eigenvalue weighted by Gasteiger charge is 2.22. The minimum atomic E-state index is -0.365. The van der Waals surface area contributed by atoms with E-state index >= 15 is 0 Å². The lowest BCUT2D eigenvalue weighted by atomic mass is 10.0. The molecule has 1 amide bonds. The maximum atomic E-state index is 13.3. The van der Waals surface area contributed by atoms with Crippen LogP contribution in [0.4, 0.5) is 5.69 Å². The number of hydrogen-bond donors (Lipinski definition) is 1. The highest BCUT2D eigenvalue weighted by atomic mass is 79.9. The third kappa shape index (κ3) is 4.26. The Morgan fingerprint density at radius 3 is 2.10 bits per heavy atom. The number of nitrogens with one attached hydrogen (secondary N) is 1. The molecule has 3 rings (SSSR count). The summed E-state index contributed by atoms with van der Waals surface area (Å²) in [5.74, 6) is -0.365. The lowest BCUT2D eigenvalue weighted by Crippen LogP contribution is -2.29. The molecule has 4 nitrogen and oxygen atoms in total. The van der Waals surface area contributed by atoms with Crippen LogP contribution in [0, 0.1) is 13.8 Å². The van der Waals surface area contributed by atoms with Crippen molar-refractivity contribution in [1.29, 1.82) is 0 Å². The Kier molecular flexibility index (Phi) is 6.93. The van der Waals surface area contributed by atoms with Gasteiger partial charge in [0.2, 0.25) is 5.43 Å². The van der Waals surface area contributed by atoms with Gasteiger partial charge in [-0.3, -0.25) is 9.59 Å². The van der Waals surface area contributed by atoms with Crippen molar-refractivity contribution in [1.82, 2.24) is 4.57 Å². The summed E-state index contributed by atoms with van der Waals surface area (Å²) in [6.45, 7) is 8.44. The van der Waals surface area contributed by atoms with E-state index in [4.69, 9.17) is 0 Å². The first-order valence-corrected chi connectivity index (χ1v) is 11.0. The second kappa shape index (κ2) is 9.43. The molecule has 0 aliphatic heterocycles. The summed E-state index contributed by atoms with van der Waals surface area (Å²) in [6, 6.07) is 16.1. The second-order valence-electron chi connectivity index (χ2n) is 7.37.